The first-order valence-electron chi connectivity index (χ1n) is 10.4. The van der Waals surface area contributed by atoms with Gasteiger partial charge in [0.1, 0.15) is 5.75 Å². The van der Waals surface area contributed by atoms with Gasteiger partial charge in [0.25, 0.3) is 0 Å². The average Bonchev–Trinajstić information content (AvgIpc) is 2.98. The first kappa shape index (κ1) is 26.9. The van der Waals surface area contributed by atoms with Crippen LogP contribution in [0.5, 0.6) is 5.75 Å². The van der Waals surface area contributed by atoms with Gasteiger partial charge in [0, 0.05) is 27.0 Å². The summed E-state index contributed by atoms with van der Waals surface area (Å²) in [5.41, 5.74) is -7.88. The Bertz CT molecular complexity index is 1320. The lowest BCUT2D eigenvalue weighted by Crippen LogP contribution is -2.66. The zero-order valence-electron chi connectivity index (χ0n) is 18.6. The summed E-state index contributed by atoms with van der Waals surface area (Å²) >= 11 is 11.8. The van der Waals surface area contributed by atoms with Crippen LogP contribution in [0.3, 0.4) is 0 Å². The zero-order chi connectivity index (χ0) is 27.4. The van der Waals surface area contributed by atoms with Gasteiger partial charge in [-0.15, -0.1) is 13.2 Å². The Morgan fingerprint density at radius 2 is 1.30 bits per heavy atom. The lowest BCUT2D eigenvalue weighted by molar-refractivity contribution is -0.274. The number of carbonyl (C=O) groups excluding carboxylic acids is 1. The number of anilines is 2. The summed E-state index contributed by atoms with van der Waals surface area (Å²) in [5.74, 6) is -0.892. The molecule has 3 aromatic carbocycles. The van der Waals surface area contributed by atoms with Gasteiger partial charge in [-0.25, -0.2) is 4.79 Å². The SMILES string of the molecule is C[C@]1(C(F)(F)F)N(c2ccc(Cl)cc2)C(=O)N(c2ccc(Cl)cc2)C1(O)c1cccc(OC(F)(F)F)c1. The lowest BCUT2D eigenvalue weighted by atomic mass is 9.81. The average molecular weight is 565 g/mol. The molecule has 1 saturated heterocycles. The van der Waals surface area contributed by atoms with Crippen LogP contribution in [0.15, 0.2) is 72.8 Å². The van der Waals surface area contributed by atoms with E-state index in [0.29, 0.717) is 22.8 Å². The number of hydrogen-bond acceptors (Lipinski definition) is 3. The third-order valence-corrected chi connectivity index (χ3v) is 6.53. The van der Waals surface area contributed by atoms with E-state index in [4.69, 9.17) is 23.2 Å². The standard InChI is InChI=1S/C24H16Cl2F6N2O3/c1-21(23(27,28)29)22(36,14-3-2-4-19(13-14)37-24(30,31)32)34(18-11-7-16(26)8-12-18)20(35)33(21)17-9-5-15(25)6-10-17/h2-13,36H,1H3/t21-,22?/m0/s1. The van der Waals surface area contributed by atoms with Crippen LogP contribution in [0, 0.1) is 0 Å². The van der Waals surface area contributed by atoms with Crippen LogP contribution in [-0.4, -0.2) is 29.2 Å². The molecule has 1 fully saturated rings. The molecule has 196 valence electrons. The smallest absolute Gasteiger partial charge is 0.406 e. The summed E-state index contributed by atoms with van der Waals surface area (Å²) < 4.78 is 87.5. The molecule has 13 heteroatoms. The fraction of sp³-hybridized carbons (Fsp3) is 0.208. The number of ether oxygens (including phenoxy) is 1. The molecule has 1 unspecified atom stereocenters. The van der Waals surface area contributed by atoms with Gasteiger partial charge in [-0.2, -0.15) is 13.2 Å². The summed E-state index contributed by atoms with van der Waals surface area (Å²) in [6.07, 6.45) is -10.5. The van der Waals surface area contributed by atoms with Gasteiger partial charge in [0.05, 0.1) is 0 Å². The van der Waals surface area contributed by atoms with Crippen molar-refractivity contribution < 1.29 is 41.0 Å². The predicted molar refractivity (Wildman–Crippen MR) is 125 cm³/mol. The molecular weight excluding hydrogens is 549 g/mol. The van der Waals surface area contributed by atoms with Gasteiger partial charge >= 0.3 is 18.6 Å². The number of benzene rings is 3. The Balaban J connectivity index is 2.04. The van der Waals surface area contributed by atoms with Crippen molar-refractivity contribution in [1.82, 2.24) is 0 Å². The molecule has 4 rings (SSSR count). The van der Waals surface area contributed by atoms with E-state index in [9.17, 15) is 23.1 Å². The van der Waals surface area contributed by atoms with Gasteiger partial charge in [0.15, 0.2) is 5.54 Å². The van der Waals surface area contributed by atoms with Crippen LogP contribution < -0.4 is 14.5 Å². The van der Waals surface area contributed by atoms with E-state index in [-0.39, 0.29) is 21.4 Å². The van der Waals surface area contributed by atoms with Crippen molar-refractivity contribution in [2.75, 3.05) is 9.80 Å². The van der Waals surface area contributed by atoms with Gasteiger partial charge in [-0.1, -0.05) is 35.3 Å². The first-order valence-corrected chi connectivity index (χ1v) is 11.2. The van der Waals surface area contributed by atoms with Gasteiger partial charge in [-0.05, 0) is 67.6 Å². The van der Waals surface area contributed by atoms with Crippen molar-refractivity contribution in [3.63, 3.8) is 0 Å². The monoisotopic (exact) mass is 564 g/mol. The molecule has 1 heterocycles. The molecule has 0 saturated carbocycles. The van der Waals surface area contributed by atoms with E-state index >= 15 is 13.2 Å². The Kier molecular flexibility index (Phi) is 6.54. The molecule has 0 aliphatic carbocycles. The van der Waals surface area contributed by atoms with Crippen molar-refractivity contribution in [3.8, 4) is 5.75 Å². The van der Waals surface area contributed by atoms with E-state index in [1.54, 1.807) is 0 Å². The van der Waals surface area contributed by atoms with Gasteiger partial charge < -0.3 is 9.84 Å². The molecular formula is C24H16Cl2F6N2O3. The van der Waals surface area contributed by atoms with E-state index in [1.165, 1.54) is 36.4 Å². The van der Waals surface area contributed by atoms with Gasteiger partial charge in [0.2, 0.25) is 5.72 Å². The highest BCUT2D eigenvalue weighted by Crippen LogP contribution is 2.57. The zero-order valence-corrected chi connectivity index (χ0v) is 20.1. The second-order valence-corrected chi connectivity index (χ2v) is 9.10. The minimum absolute atomic E-state index is 0.172. The highest BCUT2D eigenvalue weighted by atomic mass is 35.5. The molecule has 5 nitrogen and oxygen atoms in total. The molecule has 2 atom stereocenters. The number of amides is 2. The molecule has 2 amide bonds. The highest BCUT2D eigenvalue weighted by molar-refractivity contribution is 6.31. The second kappa shape index (κ2) is 9.00. The minimum atomic E-state index is -5.32. The number of nitrogens with zero attached hydrogens (tertiary/aromatic N) is 2. The van der Waals surface area contributed by atoms with Crippen LogP contribution in [0.4, 0.5) is 42.5 Å². The minimum Gasteiger partial charge on any atom is -0.406 e. The molecule has 1 aliphatic heterocycles. The Labute approximate surface area is 216 Å². The number of carbonyl (C=O) groups is 1. The van der Waals surface area contributed by atoms with Crippen LogP contribution in [-0.2, 0) is 5.72 Å². The molecule has 0 aromatic heterocycles. The molecule has 0 radical (unpaired) electrons. The lowest BCUT2D eigenvalue weighted by Gasteiger charge is -2.45. The van der Waals surface area contributed by atoms with E-state index in [1.807, 2.05) is 0 Å². The van der Waals surface area contributed by atoms with E-state index in [2.05, 4.69) is 4.74 Å². The largest absolute Gasteiger partial charge is 0.573 e. The van der Waals surface area contributed by atoms with Crippen molar-refractivity contribution in [3.05, 3.63) is 88.4 Å². The van der Waals surface area contributed by atoms with Crippen molar-refractivity contribution in [2.24, 2.45) is 0 Å². The van der Waals surface area contributed by atoms with E-state index in [0.717, 1.165) is 30.3 Å². The summed E-state index contributed by atoms with van der Waals surface area (Å²) in [5, 5.41) is 12.4. The normalized spacial score (nSPS) is 22.5. The third kappa shape index (κ3) is 4.45. The number of hydrogen-bond donors (Lipinski definition) is 1. The fourth-order valence-corrected chi connectivity index (χ4v) is 4.55. The Morgan fingerprint density at radius 1 is 0.811 bits per heavy atom. The van der Waals surface area contributed by atoms with Crippen LogP contribution >= 0.6 is 23.2 Å². The summed E-state index contributed by atoms with van der Waals surface area (Å²) in [6, 6.07) is 11.8. The van der Waals surface area contributed by atoms with Crippen LogP contribution in [0.25, 0.3) is 0 Å². The maximum absolute atomic E-state index is 15.0. The van der Waals surface area contributed by atoms with Crippen molar-refractivity contribution >= 4 is 40.6 Å². The van der Waals surface area contributed by atoms with Crippen molar-refractivity contribution in [2.45, 2.75) is 30.7 Å². The quantitative estimate of drug-likeness (QED) is 0.334. The highest BCUT2D eigenvalue weighted by Gasteiger charge is 2.77. The summed E-state index contributed by atoms with van der Waals surface area (Å²) in [4.78, 5) is 14.5. The van der Waals surface area contributed by atoms with Gasteiger partial charge in [-0.3, -0.25) is 9.80 Å². The maximum atomic E-state index is 15.0. The predicted octanol–water partition coefficient (Wildman–Crippen LogP) is 7.50. The third-order valence-electron chi connectivity index (χ3n) is 6.02. The molecule has 3 aromatic rings. The Morgan fingerprint density at radius 3 is 1.76 bits per heavy atom. The second-order valence-electron chi connectivity index (χ2n) is 8.22. The molecule has 37 heavy (non-hydrogen) atoms. The number of urea groups is 1. The number of aliphatic hydroxyl groups is 1. The fourth-order valence-electron chi connectivity index (χ4n) is 4.29. The van der Waals surface area contributed by atoms with E-state index < -0.39 is 41.1 Å². The number of halogens is 8. The number of alkyl halides is 6. The van der Waals surface area contributed by atoms with Crippen LogP contribution in [0.1, 0.15) is 12.5 Å². The summed E-state index contributed by atoms with van der Waals surface area (Å²) in [7, 11) is 0. The van der Waals surface area contributed by atoms with Crippen LogP contribution in [0.2, 0.25) is 10.0 Å². The molecule has 1 N–H and O–H groups in total. The maximum Gasteiger partial charge on any atom is 0.573 e. The van der Waals surface area contributed by atoms with Crippen molar-refractivity contribution in [1.29, 1.82) is 0 Å². The topological polar surface area (TPSA) is 53.0 Å². The molecule has 0 bridgehead atoms. The molecule has 1 aliphatic rings. The number of rotatable bonds is 4. The first-order chi connectivity index (χ1) is 17.1. The Hall–Kier alpha value is -3.15. The summed E-state index contributed by atoms with van der Waals surface area (Å²) in [6.45, 7) is 0.576. The molecule has 0 spiro atoms.